The lowest BCUT2D eigenvalue weighted by molar-refractivity contribution is 0.0807. The molecule has 2 nitrogen and oxygen atoms in total. The van der Waals surface area contributed by atoms with E-state index in [0.29, 0.717) is 5.92 Å². The Hall–Kier alpha value is -2.62. The Kier molecular flexibility index (Phi) is 4.82. The molecule has 2 aliphatic rings. The van der Waals surface area contributed by atoms with E-state index in [-0.39, 0.29) is 6.04 Å². The third kappa shape index (κ3) is 3.19. The predicted octanol–water partition coefficient (Wildman–Crippen LogP) is 6.34. The topological polar surface area (TPSA) is 21.3 Å². The number of nitrogens with one attached hydrogen (secondary N) is 1. The van der Waals surface area contributed by atoms with Crippen molar-refractivity contribution in [2.45, 2.75) is 43.7 Å². The van der Waals surface area contributed by atoms with Gasteiger partial charge in [0.05, 0.1) is 0 Å². The summed E-state index contributed by atoms with van der Waals surface area (Å²) in [7, 11) is 1.85. The summed E-state index contributed by atoms with van der Waals surface area (Å²) in [6, 6.07) is 31.1. The fourth-order valence-corrected chi connectivity index (χ4v) is 5.83. The second-order valence-corrected chi connectivity index (χ2v) is 9.14. The highest BCUT2D eigenvalue weighted by Gasteiger charge is 2.50. The molecule has 1 saturated carbocycles. The van der Waals surface area contributed by atoms with Crippen LogP contribution in [-0.4, -0.2) is 13.7 Å². The van der Waals surface area contributed by atoms with Crippen molar-refractivity contribution >= 4 is 29.2 Å². The minimum atomic E-state index is -0.518. The first-order chi connectivity index (χ1) is 15.3. The molecule has 0 bridgehead atoms. The standard InChI is InChI=1S/C28H27BNO/c1-2-10-22(11-3-1)27-28(31-29-30-27,25-16-14-20-8-4-6-12-23(20)18-25)26-17-15-21-9-5-7-13-24(21)19-26/h4-9,12-19,22,27,30H,1-3,10-11H2. The van der Waals surface area contributed by atoms with Crippen molar-refractivity contribution in [3.8, 4) is 0 Å². The molecule has 0 amide bonds. The smallest absolute Gasteiger partial charge is 0.397 e. The van der Waals surface area contributed by atoms with Gasteiger partial charge in [0.15, 0.2) is 0 Å². The maximum atomic E-state index is 6.64. The molecule has 1 radical (unpaired) electrons. The van der Waals surface area contributed by atoms with E-state index >= 15 is 0 Å². The molecular formula is C28H27BNO. The van der Waals surface area contributed by atoms with Gasteiger partial charge in [0.1, 0.15) is 5.60 Å². The average Bonchev–Trinajstić information content (AvgIpc) is 3.30. The monoisotopic (exact) mass is 404 g/mol. The van der Waals surface area contributed by atoms with Crippen LogP contribution in [0.25, 0.3) is 21.5 Å². The molecule has 1 aliphatic heterocycles. The first kappa shape index (κ1) is 19.1. The molecule has 0 aromatic heterocycles. The first-order valence-corrected chi connectivity index (χ1v) is 11.6. The highest BCUT2D eigenvalue weighted by atomic mass is 16.5. The van der Waals surface area contributed by atoms with E-state index < -0.39 is 5.60 Å². The van der Waals surface area contributed by atoms with E-state index in [1.807, 2.05) is 7.62 Å². The van der Waals surface area contributed by atoms with Crippen molar-refractivity contribution in [3.63, 3.8) is 0 Å². The Morgan fingerprint density at radius 2 is 1.23 bits per heavy atom. The van der Waals surface area contributed by atoms with Crippen LogP contribution in [0.1, 0.15) is 43.2 Å². The van der Waals surface area contributed by atoms with Crippen LogP contribution in [0.3, 0.4) is 0 Å². The number of hydrogen-bond acceptors (Lipinski definition) is 2. The lowest BCUT2D eigenvalue weighted by Crippen LogP contribution is -2.47. The summed E-state index contributed by atoms with van der Waals surface area (Å²) in [4.78, 5) is 0. The summed E-state index contributed by atoms with van der Waals surface area (Å²) >= 11 is 0. The highest BCUT2D eigenvalue weighted by Crippen LogP contribution is 2.46. The molecule has 1 heterocycles. The summed E-state index contributed by atoms with van der Waals surface area (Å²) in [5.74, 6) is 0.602. The van der Waals surface area contributed by atoms with Crippen LogP contribution in [-0.2, 0) is 10.3 Å². The molecule has 6 rings (SSSR count). The second kappa shape index (κ2) is 7.82. The number of hydrogen-bond donors (Lipinski definition) is 1. The van der Waals surface area contributed by atoms with Gasteiger partial charge in [-0.1, -0.05) is 92.1 Å². The van der Waals surface area contributed by atoms with Crippen molar-refractivity contribution in [2.24, 2.45) is 5.92 Å². The third-order valence-electron chi connectivity index (χ3n) is 7.41. The molecular weight excluding hydrogens is 377 g/mol. The number of rotatable bonds is 3. The lowest BCUT2D eigenvalue weighted by atomic mass is 9.71. The molecule has 1 N–H and O–H groups in total. The SMILES string of the molecule is [B]1NC(C2CCCCC2)C(c2ccc3ccccc3c2)(c2ccc3ccccc3c2)O1. The molecule has 1 unspecified atom stereocenters. The van der Waals surface area contributed by atoms with Crippen LogP contribution < -0.4 is 5.23 Å². The van der Waals surface area contributed by atoms with Crippen LogP contribution in [0.15, 0.2) is 84.9 Å². The molecule has 153 valence electrons. The van der Waals surface area contributed by atoms with Gasteiger partial charge in [0, 0.05) is 6.04 Å². The Morgan fingerprint density at radius 1 is 0.677 bits per heavy atom. The first-order valence-electron chi connectivity index (χ1n) is 11.6. The molecule has 1 aliphatic carbocycles. The van der Waals surface area contributed by atoms with E-state index in [1.54, 1.807) is 0 Å². The summed E-state index contributed by atoms with van der Waals surface area (Å²) in [6.07, 6.45) is 6.50. The van der Waals surface area contributed by atoms with Crippen molar-refractivity contribution in [1.82, 2.24) is 5.23 Å². The molecule has 1 saturated heterocycles. The van der Waals surface area contributed by atoms with E-state index in [9.17, 15) is 0 Å². The number of fused-ring (bicyclic) bond motifs is 2. The van der Waals surface area contributed by atoms with Crippen molar-refractivity contribution in [2.75, 3.05) is 0 Å². The van der Waals surface area contributed by atoms with E-state index in [0.717, 1.165) is 0 Å². The molecule has 31 heavy (non-hydrogen) atoms. The summed E-state index contributed by atoms with van der Waals surface area (Å²) in [6.45, 7) is 0. The average molecular weight is 404 g/mol. The molecule has 0 spiro atoms. The second-order valence-electron chi connectivity index (χ2n) is 9.14. The van der Waals surface area contributed by atoms with Crippen LogP contribution in [0, 0.1) is 5.92 Å². The Balaban J connectivity index is 1.56. The fourth-order valence-electron chi connectivity index (χ4n) is 5.83. The van der Waals surface area contributed by atoms with E-state index in [1.165, 1.54) is 64.8 Å². The van der Waals surface area contributed by atoms with Crippen molar-refractivity contribution in [1.29, 1.82) is 0 Å². The van der Waals surface area contributed by atoms with Gasteiger partial charge in [0.25, 0.3) is 0 Å². The van der Waals surface area contributed by atoms with Crippen molar-refractivity contribution < 1.29 is 4.65 Å². The van der Waals surface area contributed by atoms with Crippen LogP contribution in [0.5, 0.6) is 0 Å². The van der Waals surface area contributed by atoms with Gasteiger partial charge in [-0.05, 0) is 63.6 Å². The molecule has 4 aromatic carbocycles. The predicted molar refractivity (Wildman–Crippen MR) is 129 cm³/mol. The molecule has 2 fully saturated rings. The van der Waals surface area contributed by atoms with Gasteiger partial charge < -0.3 is 9.88 Å². The molecule has 3 heteroatoms. The normalized spacial score (nSPS) is 21.4. The van der Waals surface area contributed by atoms with Gasteiger partial charge in [-0.2, -0.15) is 0 Å². The zero-order valence-corrected chi connectivity index (χ0v) is 17.8. The maximum absolute atomic E-state index is 6.64. The van der Waals surface area contributed by atoms with Gasteiger partial charge >= 0.3 is 7.62 Å². The minimum Gasteiger partial charge on any atom is -0.409 e. The quantitative estimate of drug-likeness (QED) is 0.403. The van der Waals surface area contributed by atoms with Crippen LogP contribution >= 0.6 is 0 Å². The Morgan fingerprint density at radius 3 is 1.81 bits per heavy atom. The largest absolute Gasteiger partial charge is 0.409 e. The zero-order valence-electron chi connectivity index (χ0n) is 17.8. The van der Waals surface area contributed by atoms with E-state index in [2.05, 4.69) is 90.2 Å². The number of benzene rings is 4. The Bertz CT molecular complexity index is 1150. The fraction of sp³-hybridized carbons (Fsp3) is 0.286. The minimum absolute atomic E-state index is 0.232. The summed E-state index contributed by atoms with van der Waals surface area (Å²) in [5.41, 5.74) is 1.95. The zero-order chi connectivity index (χ0) is 20.7. The van der Waals surface area contributed by atoms with Crippen LogP contribution in [0.4, 0.5) is 0 Å². The van der Waals surface area contributed by atoms with Gasteiger partial charge in [-0.3, -0.25) is 0 Å². The summed E-state index contributed by atoms with van der Waals surface area (Å²) < 4.78 is 6.64. The van der Waals surface area contributed by atoms with Gasteiger partial charge in [-0.25, -0.2) is 0 Å². The van der Waals surface area contributed by atoms with Crippen molar-refractivity contribution in [3.05, 3.63) is 96.1 Å². The van der Waals surface area contributed by atoms with Crippen LogP contribution in [0.2, 0.25) is 0 Å². The summed E-state index contributed by atoms with van der Waals surface area (Å²) in [5, 5.41) is 8.72. The molecule has 1 atom stereocenters. The highest BCUT2D eigenvalue weighted by molar-refractivity contribution is 6.25. The maximum Gasteiger partial charge on any atom is 0.397 e. The molecule has 4 aromatic rings. The van der Waals surface area contributed by atoms with Gasteiger partial charge in [0.2, 0.25) is 0 Å². The van der Waals surface area contributed by atoms with E-state index in [4.69, 9.17) is 4.65 Å². The van der Waals surface area contributed by atoms with Gasteiger partial charge in [-0.15, -0.1) is 0 Å². The lowest BCUT2D eigenvalue weighted by Gasteiger charge is -2.41. The third-order valence-corrected chi connectivity index (χ3v) is 7.41. The Labute approximate surface area is 184 Å².